The Hall–Kier alpha value is -0.853. The quantitative estimate of drug-likeness (QED) is 0.562. The summed E-state index contributed by atoms with van der Waals surface area (Å²) in [5.41, 5.74) is 0.397. The smallest absolute Gasteiger partial charge is 0.186 e. The molecular formula is C17H26O2Si. The highest BCUT2D eigenvalue weighted by Crippen LogP contribution is 2.31. The molecule has 20 heavy (non-hydrogen) atoms. The Bertz CT molecular complexity index is 462. The normalized spacial score (nSPS) is 27.6. The summed E-state index contributed by atoms with van der Waals surface area (Å²) in [5, 5.41) is 0. The summed E-state index contributed by atoms with van der Waals surface area (Å²) >= 11 is 0. The van der Waals surface area contributed by atoms with Crippen molar-refractivity contribution in [1.29, 1.82) is 0 Å². The van der Waals surface area contributed by atoms with Crippen LogP contribution in [-0.4, -0.2) is 19.7 Å². The van der Waals surface area contributed by atoms with Crippen LogP contribution in [0.3, 0.4) is 0 Å². The molecule has 0 radical (unpaired) electrons. The third kappa shape index (κ3) is 4.07. The third-order valence-corrected chi connectivity index (χ3v) is 4.79. The van der Waals surface area contributed by atoms with Gasteiger partial charge in [0.2, 0.25) is 0 Å². The highest BCUT2D eigenvalue weighted by Gasteiger charge is 2.42. The molecule has 110 valence electrons. The van der Waals surface area contributed by atoms with Crippen LogP contribution in [0.25, 0.3) is 0 Å². The molecule has 0 bridgehead atoms. The summed E-state index contributed by atoms with van der Waals surface area (Å²) in [6.07, 6.45) is 10.3. The second kappa shape index (κ2) is 6.28. The molecule has 1 saturated carbocycles. The molecule has 0 aromatic carbocycles. The zero-order valence-electron chi connectivity index (χ0n) is 13.1. The van der Waals surface area contributed by atoms with Gasteiger partial charge in [-0.2, -0.15) is 0 Å². The van der Waals surface area contributed by atoms with Crippen LogP contribution in [0.5, 0.6) is 0 Å². The van der Waals surface area contributed by atoms with Crippen molar-refractivity contribution in [3.8, 4) is 11.8 Å². The second-order valence-corrected chi connectivity index (χ2v) is 11.3. The number of rotatable bonds is 2. The van der Waals surface area contributed by atoms with Gasteiger partial charge in [-0.05, 0) is 70.2 Å². The van der Waals surface area contributed by atoms with Crippen LogP contribution in [-0.2, 0) is 9.22 Å². The van der Waals surface area contributed by atoms with E-state index in [0.29, 0.717) is 6.42 Å². The summed E-state index contributed by atoms with van der Waals surface area (Å²) in [6, 6.07) is 0. The summed E-state index contributed by atoms with van der Waals surface area (Å²) in [6.45, 7) is 6.41. The average molecular weight is 290 g/mol. The predicted molar refractivity (Wildman–Crippen MR) is 85.0 cm³/mol. The van der Waals surface area contributed by atoms with Crippen molar-refractivity contribution in [3.05, 3.63) is 11.6 Å². The molecule has 0 spiro atoms. The lowest BCUT2D eigenvalue weighted by atomic mass is 9.83. The fourth-order valence-electron chi connectivity index (χ4n) is 2.92. The van der Waals surface area contributed by atoms with E-state index < -0.39 is 13.9 Å². The van der Waals surface area contributed by atoms with Crippen molar-refractivity contribution < 1.29 is 9.22 Å². The van der Waals surface area contributed by atoms with E-state index in [9.17, 15) is 4.79 Å². The fraction of sp³-hybridized carbons (Fsp3) is 0.706. The van der Waals surface area contributed by atoms with Gasteiger partial charge >= 0.3 is 0 Å². The van der Waals surface area contributed by atoms with Crippen LogP contribution in [0.15, 0.2) is 11.6 Å². The van der Waals surface area contributed by atoms with Gasteiger partial charge in [-0.25, -0.2) is 0 Å². The number of hydrogen-bond acceptors (Lipinski definition) is 2. The van der Waals surface area contributed by atoms with E-state index in [1.54, 1.807) is 0 Å². The van der Waals surface area contributed by atoms with E-state index >= 15 is 0 Å². The van der Waals surface area contributed by atoms with E-state index in [2.05, 4.69) is 37.6 Å². The first-order chi connectivity index (χ1) is 9.41. The molecule has 2 aliphatic rings. The van der Waals surface area contributed by atoms with Crippen LogP contribution < -0.4 is 0 Å². The SMILES string of the molecule is C[Si](C)(C)OC1(C#CC2=CCCCC2)CCCCC1=O. The van der Waals surface area contributed by atoms with Crippen LogP contribution in [0.2, 0.25) is 19.6 Å². The number of carbonyl (C=O) groups excluding carboxylic acids is 1. The zero-order chi connectivity index (χ0) is 14.6. The van der Waals surface area contributed by atoms with Crippen molar-refractivity contribution in [1.82, 2.24) is 0 Å². The van der Waals surface area contributed by atoms with E-state index in [1.807, 2.05) is 0 Å². The molecule has 0 aromatic heterocycles. The second-order valence-electron chi connectivity index (χ2n) is 6.90. The lowest BCUT2D eigenvalue weighted by Gasteiger charge is -2.36. The summed E-state index contributed by atoms with van der Waals surface area (Å²) in [7, 11) is -1.79. The molecule has 0 aromatic rings. The first kappa shape index (κ1) is 15.5. The Morgan fingerprint density at radius 1 is 1.15 bits per heavy atom. The number of allylic oxidation sites excluding steroid dienone is 2. The van der Waals surface area contributed by atoms with Crippen molar-refractivity contribution in [2.45, 2.75) is 76.6 Å². The number of ketones is 1. The molecule has 2 nitrogen and oxygen atoms in total. The van der Waals surface area contributed by atoms with Gasteiger partial charge in [-0.1, -0.05) is 17.9 Å². The van der Waals surface area contributed by atoms with Crippen molar-refractivity contribution in [2.75, 3.05) is 0 Å². The van der Waals surface area contributed by atoms with Crippen LogP contribution in [0.4, 0.5) is 0 Å². The summed E-state index contributed by atoms with van der Waals surface area (Å²) < 4.78 is 6.26. The van der Waals surface area contributed by atoms with Crippen LogP contribution in [0.1, 0.15) is 51.4 Å². The molecule has 3 heteroatoms. The van der Waals surface area contributed by atoms with Gasteiger partial charge in [0.05, 0.1) is 0 Å². The van der Waals surface area contributed by atoms with E-state index in [4.69, 9.17) is 4.43 Å². The Kier molecular flexibility index (Phi) is 4.88. The minimum Gasteiger partial charge on any atom is -0.396 e. The molecule has 1 unspecified atom stereocenters. The lowest BCUT2D eigenvalue weighted by Crippen LogP contribution is -2.49. The fourth-order valence-corrected chi connectivity index (χ4v) is 4.23. The van der Waals surface area contributed by atoms with Crippen molar-refractivity contribution in [3.63, 3.8) is 0 Å². The Morgan fingerprint density at radius 2 is 1.90 bits per heavy atom. The van der Waals surface area contributed by atoms with Gasteiger partial charge in [0.15, 0.2) is 19.7 Å². The van der Waals surface area contributed by atoms with Gasteiger partial charge in [0.25, 0.3) is 0 Å². The Labute approximate surface area is 124 Å². The maximum atomic E-state index is 12.4. The predicted octanol–water partition coefficient (Wildman–Crippen LogP) is 4.22. The van der Waals surface area contributed by atoms with Crippen LogP contribution in [0, 0.1) is 11.8 Å². The standard InChI is InChI=1S/C17H26O2Si/c1-20(2,3)19-17(13-8-7-11-16(17)18)14-12-15-9-5-4-6-10-15/h9H,4-8,10-11,13H2,1-3H3. The minimum absolute atomic E-state index is 0.204. The summed E-state index contributed by atoms with van der Waals surface area (Å²) in [4.78, 5) is 12.4. The number of carbonyl (C=O) groups is 1. The Balaban J connectivity index is 2.24. The minimum atomic E-state index is -1.79. The maximum absolute atomic E-state index is 12.4. The molecule has 0 heterocycles. The molecular weight excluding hydrogens is 264 g/mol. The van der Waals surface area contributed by atoms with Gasteiger partial charge in [-0.15, -0.1) is 0 Å². The van der Waals surface area contributed by atoms with Gasteiger partial charge in [-0.3, -0.25) is 4.79 Å². The van der Waals surface area contributed by atoms with Gasteiger partial charge in [0.1, 0.15) is 0 Å². The van der Waals surface area contributed by atoms with Crippen molar-refractivity contribution in [2.24, 2.45) is 0 Å². The highest BCUT2D eigenvalue weighted by atomic mass is 28.4. The largest absolute Gasteiger partial charge is 0.396 e. The number of hydrogen-bond donors (Lipinski definition) is 0. The third-order valence-electron chi connectivity index (χ3n) is 3.83. The average Bonchev–Trinajstić information content (AvgIpc) is 2.39. The van der Waals surface area contributed by atoms with E-state index in [1.165, 1.54) is 18.4 Å². The Morgan fingerprint density at radius 3 is 2.50 bits per heavy atom. The highest BCUT2D eigenvalue weighted by molar-refractivity contribution is 6.70. The topological polar surface area (TPSA) is 26.3 Å². The molecule has 2 rings (SSSR count). The van der Waals surface area contributed by atoms with Gasteiger partial charge in [0, 0.05) is 6.42 Å². The first-order valence-electron chi connectivity index (χ1n) is 7.87. The molecule has 0 amide bonds. The molecule has 0 N–H and O–H groups in total. The lowest BCUT2D eigenvalue weighted by molar-refractivity contribution is -0.133. The summed E-state index contributed by atoms with van der Waals surface area (Å²) in [5.74, 6) is 6.73. The zero-order valence-corrected chi connectivity index (χ0v) is 14.1. The molecule has 1 atom stereocenters. The van der Waals surface area contributed by atoms with Crippen molar-refractivity contribution >= 4 is 14.1 Å². The van der Waals surface area contributed by atoms with E-state index in [0.717, 1.165) is 32.1 Å². The molecule has 0 saturated heterocycles. The molecule has 1 fully saturated rings. The maximum Gasteiger partial charge on any atom is 0.186 e. The molecule has 2 aliphatic carbocycles. The van der Waals surface area contributed by atoms with E-state index in [-0.39, 0.29) is 5.78 Å². The molecule has 0 aliphatic heterocycles. The van der Waals surface area contributed by atoms with Gasteiger partial charge < -0.3 is 4.43 Å². The monoisotopic (exact) mass is 290 g/mol. The number of Topliss-reactive ketones (excluding diaryl/α,β-unsaturated/α-hetero) is 1. The van der Waals surface area contributed by atoms with Crippen LogP contribution >= 0.6 is 0 Å². The first-order valence-corrected chi connectivity index (χ1v) is 11.3.